The minimum absolute atomic E-state index is 0.362. The largest absolute Gasteiger partial charge is 0.480 e. The second-order valence-electron chi connectivity index (χ2n) is 7.33. The highest BCUT2D eigenvalue weighted by molar-refractivity contribution is 5.83. The highest BCUT2D eigenvalue weighted by Gasteiger charge is 2.41. The van der Waals surface area contributed by atoms with Crippen LogP contribution in [-0.4, -0.2) is 29.7 Å². The van der Waals surface area contributed by atoms with Crippen LogP contribution in [0, 0.1) is 23.2 Å². The molecule has 2 saturated carbocycles. The van der Waals surface area contributed by atoms with Crippen molar-refractivity contribution in [3.63, 3.8) is 0 Å². The molecule has 1 atom stereocenters. The van der Waals surface area contributed by atoms with E-state index in [2.05, 4.69) is 10.6 Å². The molecule has 0 spiro atoms. The van der Waals surface area contributed by atoms with Gasteiger partial charge in [-0.2, -0.15) is 0 Å². The molecule has 0 bridgehead atoms. The van der Waals surface area contributed by atoms with Crippen LogP contribution in [0.15, 0.2) is 0 Å². The minimum Gasteiger partial charge on any atom is -0.480 e. The van der Waals surface area contributed by atoms with Gasteiger partial charge in [-0.1, -0.05) is 20.8 Å². The van der Waals surface area contributed by atoms with E-state index >= 15 is 0 Å². The number of amides is 2. The third-order valence-electron chi connectivity index (χ3n) is 4.34. The Hall–Kier alpha value is -1.26. The first kappa shape index (κ1) is 15.1. The van der Waals surface area contributed by atoms with Gasteiger partial charge in [0.05, 0.1) is 0 Å². The van der Waals surface area contributed by atoms with E-state index in [1.54, 1.807) is 0 Å². The minimum atomic E-state index is -0.992. The lowest BCUT2D eigenvalue weighted by molar-refractivity contribution is -0.141. The Morgan fingerprint density at radius 3 is 2.00 bits per heavy atom. The molecule has 1 unspecified atom stereocenters. The summed E-state index contributed by atoms with van der Waals surface area (Å²) in [6.07, 6.45) is 5.13. The number of hydrogen-bond acceptors (Lipinski definition) is 2. The van der Waals surface area contributed by atoms with Gasteiger partial charge in [0, 0.05) is 6.54 Å². The Bertz CT molecular complexity index is 369. The highest BCUT2D eigenvalue weighted by atomic mass is 16.4. The van der Waals surface area contributed by atoms with E-state index in [9.17, 15) is 14.7 Å². The summed E-state index contributed by atoms with van der Waals surface area (Å²) in [4.78, 5) is 23.1. The molecular formula is C15H26N2O3. The van der Waals surface area contributed by atoms with Gasteiger partial charge in [0.2, 0.25) is 0 Å². The summed E-state index contributed by atoms with van der Waals surface area (Å²) >= 11 is 0. The third-order valence-corrected chi connectivity index (χ3v) is 4.34. The number of nitrogens with one attached hydrogen (secondary N) is 2. The summed E-state index contributed by atoms with van der Waals surface area (Å²) in [6, 6.07) is -1.23. The molecule has 2 fully saturated rings. The van der Waals surface area contributed by atoms with Gasteiger partial charge in [-0.25, -0.2) is 9.59 Å². The van der Waals surface area contributed by atoms with Crippen LogP contribution in [0.25, 0.3) is 0 Å². The first-order chi connectivity index (χ1) is 9.29. The Morgan fingerprint density at radius 2 is 1.65 bits per heavy atom. The van der Waals surface area contributed by atoms with Crippen LogP contribution in [0.3, 0.4) is 0 Å². The summed E-state index contributed by atoms with van der Waals surface area (Å²) in [6.45, 7) is 6.10. The number of carboxylic acid groups (broad SMARTS) is 1. The third kappa shape index (κ3) is 4.12. The summed E-state index contributed by atoms with van der Waals surface area (Å²) in [5.74, 6) is 1.16. The van der Waals surface area contributed by atoms with Crippen molar-refractivity contribution < 1.29 is 14.7 Å². The van der Waals surface area contributed by atoms with Crippen molar-refractivity contribution in [1.82, 2.24) is 10.6 Å². The van der Waals surface area contributed by atoms with Gasteiger partial charge in [-0.05, 0) is 48.9 Å². The van der Waals surface area contributed by atoms with E-state index < -0.39 is 17.4 Å². The zero-order valence-corrected chi connectivity index (χ0v) is 12.6. The summed E-state index contributed by atoms with van der Waals surface area (Å²) in [7, 11) is 0. The Balaban J connectivity index is 1.80. The molecule has 0 aliphatic heterocycles. The van der Waals surface area contributed by atoms with Crippen LogP contribution in [0.4, 0.5) is 4.79 Å². The molecule has 0 aromatic carbocycles. The average Bonchev–Trinajstić information content (AvgIpc) is 3.16. The van der Waals surface area contributed by atoms with Crippen LogP contribution in [0.1, 0.15) is 46.5 Å². The molecule has 0 radical (unpaired) electrons. The first-order valence-electron chi connectivity index (χ1n) is 7.56. The normalized spacial score (nSPS) is 20.6. The fraction of sp³-hybridized carbons (Fsp3) is 0.867. The van der Waals surface area contributed by atoms with Crippen LogP contribution in [0.5, 0.6) is 0 Å². The summed E-state index contributed by atoms with van der Waals surface area (Å²) in [5.41, 5.74) is -0.504. The van der Waals surface area contributed by atoms with E-state index in [1.807, 2.05) is 20.8 Å². The van der Waals surface area contributed by atoms with Crippen LogP contribution < -0.4 is 10.6 Å². The zero-order valence-electron chi connectivity index (χ0n) is 12.6. The molecule has 2 rings (SSSR count). The van der Waals surface area contributed by atoms with Crippen LogP contribution in [0.2, 0.25) is 0 Å². The van der Waals surface area contributed by atoms with Crippen molar-refractivity contribution >= 4 is 12.0 Å². The van der Waals surface area contributed by atoms with Gasteiger partial charge in [0.1, 0.15) is 6.04 Å². The van der Waals surface area contributed by atoms with Gasteiger partial charge >= 0.3 is 12.0 Å². The van der Waals surface area contributed by atoms with Crippen molar-refractivity contribution in [2.75, 3.05) is 6.54 Å². The topological polar surface area (TPSA) is 78.4 Å². The number of rotatable bonds is 6. The van der Waals surface area contributed by atoms with Crippen molar-refractivity contribution in [1.29, 1.82) is 0 Å². The van der Waals surface area contributed by atoms with Gasteiger partial charge in [0.15, 0.2) is 0 Å². The van der Waals surface area contributed by atoms with E-state index in [0.717, 1.165) is 11.8 Å². The lowest BCUT2D eigenvalue weighted by Crippen LogP contribution is -2.52. The molecule has 20 heavy (non-hydrogen) atoms. The fourth-order valence-electron chi connectivity index (χ4n) is 2.81. The predicted octanol–water partition coefficient (Wildman–Crippen LogP) is 2.22. The SMILES string of the molecule is CC(C)(C)C(NC(=O)NCC(C1CC1)C1CC1)C(=O)O. The maximum Gasteiger partial charge on any atom is 0.326 e. The molecule has 114 valence electrons. The number of aliphatic carboxylic acids is 1. The molecule has 0 heterocycles. The number of carboxylic acids is 1. The number of urea groups is 1. The molecule has 2 aliphatic rings. The van der Waals surface area contributed by atoms with Crippen molar-refractivity contribution in [2.45, 2.75) is 52.5 Å². The van der Waals surface area contributed by atoms with Gasteiger partial charge in [-0.3, -0.25) is 0 Å². The molecular weight excluding hydrogens is 256 g/mol. The standard InChI is InChI=1S/C15H26N2O3/c1-15(2,3)12(13(18)19)17-14(20)16-8-11(9-4-5-9)10-6-7-10/h9-12H,4-8H2,1-3H3,(H,18,19)(H2,16,17,20). The first-order valence-corrected chi connectivity index (χ1v) is 7.56. The van der Waals surface area contributed by atoms with Crippen molar-refractivity contribution in [2.24, 2.45) is 23.2 Å². The molecule has 0 aromatic heterocycles. The van der Waals surface area contributed by atoms with Gasteiger partial charge in [0.25, 0.3) is 0 Å². The van der Waals surface area contributed by atoms with Crippen LogP contribution in [-0.2, 0) is 4.79 Å². The Labute approximate surface area is 120 Å². The predicted molar refractivity (Wildman–Crippen MR) is 76.4 cm³/mol. The maximum atomic E-state index is 11.9. The van der Waals surface area contributed by atoms with Crippen molar-refractivity contribution in [3.8, 4) is 0 Å². The molecule has 0 saturated heterocycles. The molecule has 0 aromatic rings. The number of carbonyl (C=O) groups is 2. The maximum absolute atomic E-state index is 11.9. The Kier molecular flexibility index (Phi) is 4.25. The van der Waals surface area contributed by atoms with Gasteiger partial charge < -0.3 is 15.7 Å². The highest BCUT2D eigenvalue weighted by Crippen LogP contribution is 2.48. The average molecular weight is 282 g/mol. The van der Waals surface area contributed by atoms with Gasteiger partial charge in [-0.15, -0.1) is 0 Å². The molecule has 2 aliphatic carbocycles. The molecule has 3 N–H and O–H groups in total. The monoisotopic (exact) mass is 282 g/mol. The molecule has 5 nitrogen and oxygen atoms in total. The quantitative estimate of drug-likeness (QED) is 0.699. The number of carbonyl (C=O) groups excluding carboxylic acids is 1. The van der Waals surface area contributed by atoms with E-state index in [1.165, 1.54) is 25.7 Å². The lowest BCUT2D eigenvalue weighted by Gasteiger charge is -2.28. The van der Waals surface area contributed by atoms with Crippen LogP contribution >= 0.6 is 0 Å². The second-order valence-corrected chi connectivity index (χ2v) is 7.33. The number of hydrogen-bond donors (Lipinski definition) is 3. The second kappa shape index (κ2) is 5.62. The summed E-state index contributed by atoms with van der Waals surface area (Å²) < 4.78 is 0. The van der Waals surface area contributed by atoms with E-state index in [-0.39, 0.29) is 6.03 Å². The summed E-state index contributed by atoms with van der Waals surface area (Å²) in [5, 5.41) is 14.6. The van der Waals surface area contributed by atoms with E-state index in [0.29, 0.717) is 12.5 Å². The van der Waals surface area contributed by atoms with Crippen molar-refractivity contribution in [3.05, 3.63) is 0 Å². The molecule has 5 heteroatoms. The Morgan fingerprint density at radius 1 is 1.15 bits per heavy atom. The zero-order chi connectivity index (χ0) is 14.9. The fourth-order valence-corrected chi connectivity index (χ4v) is 2.81. The lowest BCUT2D eigenvalue weighted by atomic mass is 9.87. The molecule has 2 amide bonds. The van der Waals surface area contributed by atoms with E-state index in [4.69, 9.17) is 0 Å². The smallest absolute Gasteiger partial charge is 0.326 e.